The van der Waals surface area contributed by atoms with E-state index < -0.39 is 11.9 Å². The van der Waals surface area contributed by atoms with Crippen LogP contribution in [0.2, 0.25) is 0 Å². The summed E-state index contributed by atoms with van der Waals surface area (Å²) in [6.45, 7) is 0.330. The zero-order chi connectivity index (χ0) is 23.4. The van der Waals surface area contributed by atoms with Crippen LogP contribution in [0.15, 0.2) is 61.1 Å². The normalized spacial score (nSPS) is 17.9. The van der Waals surface area contributed by atoms with E-state index in [9.17, 15) is 14.4 Å². The predicted molar refractivity (Wildman–Crippen MR) is 125 cm³/mol. The zero-order valence-corrected chi connectivity index (χ0v) is 18.5. The van der Waals surface area contributed by atoms with Crippen LogP contribution in [0.25, 0.3) is 33.4 Å². The minimum Gasteiger partial charge on any atom is -0.333 e. The Bertz CT molecular complexity index is 1510. The fourth-order valence-electron chi connectivity index (χ4n) is 4.92. The fourth-order valence-corrected chi connectivity index (χ4v) is 4.92. The molecule has 34 heavy (non-hydrogen) atoms. The standard InChI is InChI=1S/C26H21N5O3/c1-30-14-28-23(24(30)17-5-4-15-3-2-10-27-20(15)12-17)16-6-7-19-18(11-16)13-31(26(19)34)21-8-9-22(32)29-25(21)33/h2-7,10-12,14,21H,8-9,13H2,1H3,(H,29,32,33)/t21-/m0/s1. The van der Waals surface area contributed by atoms with Gasteiger partial charge in [0.05, 0.1) is 23.2 Å². The summed E-state index contributed by atoms with van der Waals surface area (Å²) >= 11 is 0. The van der Waals surface area contributed by atoms with Gasteiger partial charge in [-0.05, 0) is 36.2 Å². The third-order valence-corrected chi connectivity index (χ3v) is 6.61. The van der Waals surface area contributed by atoms with Crippen molar-refractivity contribution in [2.75, 3.05) is 0 Å². The number of piperidine rings is 1. The van der Waals surface area contributed by atoms with E-state index in [1.54, 1.807) is 23.5 Å². The molecular weight excluding hydrogens is 430 g/mol. The lowest BCUT2D eigenvalue weighted by molar-refractivity contribution is -0.136. The number of fused-ring (bicyclic) bond motifs is 2. The van der Waals surface area contributed by atoms with Crippen LogP contribution >= 0.6 is 0 Å². The van der Waals surface area contributed by atoms with Crippen LogP contribution in [-0.4, -0.2) is 43.2 Å². The average Bonchev–Trinajstić information content (AvgIpc) is 3.38. The van der Waals surface area contributed by atoms with Gasteiger partial charge in [0.15, 0.2) is 0 Å². The fraction of sp³-hybridized carbons (Fsp3) is 0.192. The monoisotopic (exact) mass is 451 g/mol. The summed E-state index contributed by atoms with van der Waals surface area (Å²) in [5, 5.41) is 3.41. The Kier molecular flexibility index (Phi) is 4.55. The first-order valence-electron chi connectivity index (χ1n) is 11.1. The predicted octanol–water partition coefficient (Wildman–Crippen LogP) is 3.06. The molecule has 4 heterocycles. The molecule has 3 amide bonds. The number of nitrogens with one attached hydrogen (secondary N) is 1. The number of aromatic nitrogens is 3. The number of pyridine rings is 1. The number of hydrogen-bond donors (Lipinski definition) is 1. The number of rotatable bonds is 3. The number of imidazole rings is 1. The molecule has 8 heteroatoms. The zero-order valence-electron chi connectivity index (χ0n) is 18.5. The van der Waals surface area contributed by atoms with Crippen LogP contribution in [0.5, 0.6) is 0 Å². The van der Waals surface area contributed by atoms with Crippen molar-refractivity contribution < 1.29 is 14.4 Å². The first-order chi connectivity index (χ1) is 16.5. The quantitative estimate of drug-likeness (QED) is 0.483. The van der Waals surface area contributed by atoms with Crippen molar-refractivity contribution in [3.05, 3.63) is 72.2 Å². The van der Waals surface area contributed by atoms with Crippen LogP contribution in [0, 0.1) is 0 Å². The summed E-state index contributed by atoms with van der Waals surface area (Å²) in [6.07, 6.45) is 4.14. The van der Waals surface area contributed by atoms with E-state index in [0.717, 1.165) is 39.0 Å². The van der Waals surface area contributed by atoms with Crippen molar-refractivity contribution in [1.82, 2.24) is 24.8 Å². The second-order valence-corrected chi connectivity index (χ2v) is 8.74. The number of carbonyl (C=O) groups is 3. The molecule has 0 bridgehead atoms. The van der Waals surface area contributed by atoms with Crippen molar-refractivity contribution in [3.63, 3.8) is 0 Å². The highest BCUT2D eigenvalue weighted by Gasteiger charge is 2.39. The van der Waals surface area contributed by atoms with Crippen LogP contribution in [0.3, 0.4) is 0 Å². The first-order valence-corrected chi connectivity index (χ1v) is 11.1. The maximum atomic E-state index is 13.0. The molecule has 2 aliphatic heterocycles. The Hall–Kier alpha value is -4.33. The third-order valence-electron chi connectivity index (χ3n) is 6.61. The minimum absolute atomic E-state index is 0.183. The summed E-state index contributed by atoms with van der Waals surface area (Å²) in [7, 11) is 1.95. The van der Waals surface area contributed by atoms with E-state index in [0.29, 0.717) is 18.5 Å². The molecule has 1 fully saturated rings. The van der Waals surface area contributed by atoms with Crippen LogP contribution in [0.4, 0.5) is 0 Å². The Labute approximate surface area is 195 Å². The number of hydrogen-bond acceptors (Lipinski definition) is 5. The van der Waals surface area contributed by atoms with E-state index in [1.807, 2.05) is 41.9 Å². The van der Waals surface area contributed by atoms with E-state index in [4.69, 9.17) is 0 Å². The lowest BCUT2D eigenvalue weighted by Gasteiger charge is -2.29. The van der Waals surface area contributed by atoms with Gasteiger partial charge in [0.2, 0.25) is 11.8 Å². The number of imide groups is 1. The van der Waals surface area contributed by atoms with Gasteiger partial charge in [-0.3, -0.25) is 24.7 Å². The van der Waals surface area contributed by atoms with Crippen molar-refractivity contribution in [1.29, 1.82) is 0 Å². The van der Waals surface area contributed by atoms with E-state index in [2.05, 4.69) is 27.4 Å². The number of amides is 3. The van der Waals surface area contributed by atoms with Gasteiger partial charge in [-0.2, -0.15) is 0 Å². The molecule has 2 aromatic heterocycles. The molecule has 1 atom stereocenters. The molecule has 6 rings (SSSR count). The summed E-state index contributed by atoms with van der Waals surface area (Å²) in [6, 6.07) is 15.2. The molecule has 2 aromatic carbocycles. The van der Waals surface area contributed by atoms with Gasteiger partial charge in [0.25, 0.3) is 5.91 Å². The van der Waals surface area contributed by atoms with Gasteiger partial charge in [-0.15, -0.1) is 0 Å². The average molecular weight is 451 g/mol. The Morgan fingerprint density at radius 1 is 1.00 bits per heavy atom. The summed E-state index contributed by atoms with van der Waals surface area (Å²) in [4.78, 5) is 47.6. The Morgan fingerprint density at radius 2 is 1.85 bits per heavy atom. The summed E-state index contributed by atoms with van der Waals surface area (Å²) in [5.41, 5.74) is 6.01. The molecule has 0 radical (unpaired) electrons. The van der Waals surface area contributed by atoms with E-state index in [-0.39, 0.29) is 18.2 Å². The molecule has 1 saturated heterocycles. The van der Waals surface area contributed by atoms with Crippen LogP contribution in [-0.2, 0) is 23.2 Å². The second-order valence-electron chi connectivity index (χ2n) is 8.74. The SMILES string of the molecule is Cn1cnc(-c2ccc3c(c2)CN([C@H]2CCC(=O)NC2=O)C3=O)c1-c1ccc2cccnc2c1. The van der Waals surface area contributed by atoms with Gasteiger partial charge >= 0.3 is 0 Å². The summed E-state index contributed by atoms with van der Waals surface area (Å²) < 4.78 is 1.98. The van der Waals surface area contributed by atoms with E-state index >= 15 is 0 Å². The highest BCUT2D eigenvalue weighted by atomic mass is 16.2. The van der Waals surface area contributed by atoms with Gasteiger partial charge in [-0.1, -0.05) is 24.3 Å². The maximum absolute atomic E-state index is 13.0. The highest BCUT2D eigenvalue weighted by molar-refractivity contribution is 6.05. The van der Waals surface area contributed by atoms with Gasteiger partial charge in [0.1, 0.15) is 6.04 Å². The molecule has 0 spiro atoms. The molecule has 1 N–H and O–H groups in total. The molecule has 0 saturated carbocycles. The molecule has 0 unspecified atom stereocenters. The minimum atomic E-state index is -0.628. The van der Waals surface area contributed by atoms with Crippen molar-refractivity contribution in [2.45, 2.75) is 25.4 Å². The van der Waals surface area contributed by atoms with Crippen LogP contribution < -0.4 is 5.32 Å². The molecule has 2 aliphatic rings. The lowest BCUT2D eigenvalue weighted by atomic mass is 10.00. The first kappa shape index (κ1) is 20.3. The van der Waals surface area contributed by atoms with Crippen molar-refractivity contribution >= 4 is 28.6 Å². The van der Waals surface area contributed by atoms with E-state index in [1.165, 1.54) is 0 Å². The largest absolute Gasteiger partial charge is 0.333 e. The number of benzene rings is 2. The Balaban J connectivity index is 1.36. The van der Waals surface area contributed by atoms with Crippen molar-refractivity contribution in [3.8, 4) is 22.5 Å². The number of nitrogens with zero attached hydrogens (tertiary/aromatic N) is 4. The number of carbonyl (C=O) groups excluding carboxylic acids is 3. The molecule has 168 valence electrons. The van der Waals surface area contributed by atoms with Gasteiger partial charge in [0, 0.05) is 48.3 Å². The van der Waals surface area contributed by atoms with Gasteiger partial charge < -0.3 is 9.47 Å². The smallest absolute Gasteiger partial charge is 0.255 e. The number of aryl methyl sites for hydroxylation is 1. The topological polar surface area (TPSA) is 97.2 Å². The van der Waals surface area contributed by atoms with Crippen molar-refractivity contribution in [2.24, 2.45) is 7.05 Å². The Morgan fingerprint density at radius 3 is 2.71 bits per heavy atom. The summed E-state index contributed by atoms with van der Waals surface area (Å²) in [5.74, 6) is -0.883. The van der Waals surface area contributed by atoms with Gasteiger partial charge in [-0.25, -0.2) is 4.98 Å². The molecule has 8 nitrogen and oxygen atoms in total. The molecule has 4 aromatic rings. The highest BCUT2D eigenvalue weighted by Crippen LogP contribution is 2.35. The van der Waals surface area contributed by atoms with Crippen LogP contribution in [0.1, 0.15) is 28.8 Å². The maximum Gasteiger partial charge on any atom is 0.255 e. The second kappa shape index (κ2) is 7.62. The molecular formula is C26H21N5O3. The molecule has 0 aliphatic carbocycles. The third kappa shape index (κ3) is 3.18. The lowest BCUT2D eigenvalue weighted by Crippen LogP contribution is -2.52.